The Labute approximate surface area is 132 Å². The third kappa shape index (κ3) is 4.92. The molecule has 0 heterocycles. The molecule has 0 radical (unpaired) electrons. The summed E-state index contributed by atoms with van der Waals surface area (Å²) in [5.41, 5.74) is 0. The van der Waals surface area contributed by atoms with Gasteiger partial charge in [-0.3, -0.25) is 20.2 Å². The van der Waals surface area contributed by atoms with Gasteiger partial charge < -0.3 is 0 Å². The normalized spacial score (nSPS) is 23.8. The predicted octanol–water partition coefficient (Wildman–Crippen LogP) is 3.93. The quantitative estimate of drug-likeness (QED) is 0.526. The Balaban J connectivity index is 2.15. The van der Waals surface area contributed by atoms with E-state index in [1.54, 1.807) is 0 Å². The lowest BCUT2D eigenvalue weighted by atomic mass is 9.67. The third-order valence-electron chi connectivity index (χ3n) is 5.78. The zero-order chi connectivity index (χ0) is 15.9. The lowest BCUT2D eigenvalue weighted by molar-refractivity contribution is -0.512. The van der Waals surface area contributed by atoms with Crippen LogP contribution in [0, 0.1) is 43.9 Å². The van der Waals surface area contributed by atoms with Crippen LogP contribution in [0.25, 0.3) is 0 Å². The summed E-state index contributed by atoms with van der Waals surface area (Å²) in [6.07, 6.45) is 10.9. The Hall–Kier alpha value is -1.20. The smallest absolute Gasteiger partial charge is 0.207 e. The van der Waals surface area contributed by atoms with Gasteiger partial charge in [0.05, 0.1) is 0 Å². The minimum absolute atomic E-state index is 0.0837. The van der Waals surface area contributed by atoms with Crippen LogP contribution in [0.15, 0.2) is 0 Å². The van der Waals surface area contributed by atoms with Gasteiger partial charge in [-0.15, -0.1) is 0 Å². The molecule has 0 bridgehead atoms. The van der Waals surface area contributed by atoms with E-state index < -0.39 is 0 Å². The predicted molar refractivity (Wildman–Crippen MR) is 83.9 cm³/mol. The van der Waals surface area contributed by atoms with Crippen LogP contribution in [0.5, 0.6) is 0 Å². The summed E-state index contributed by atoms with van der Waals surface area (Å²) in [7, 11) is 0. The van der Waals surface area contributed by atoms with E-state index in [4.69, 9.17) is 0 Å². The minimum Gasteiger partial charge on any atom is -0.265 e. The molecular weight excluding hydrogens is 284 g/mol. The van der Waals surface area contributed by atoms with Gasteiger partial charge in [0.2, 0.25) is 13.1 Å². The van der Waals surface area contributed by atoms with Crippen molar-refractivity contribution in [3.05, 3.63) is 20.2 Å². The Morgan fingerprint density at radius 1 is 0.682 bits per heavy atom. The van der Waals surface area contributed by atoms with Crippen LogP contribution < -0.4 is 0 Å². The molecule has 2 fully saturated rings. The van der Waals surface area contributed by atoms with Crippen LogP contribution >= 0.6 is 0 Å². The second-order valence-electron chi connectivity index (χ2n) is 7.15. The average molecular weight is 312 g/mol. The summed E-state index contributed by atoms with van der Waals surface area (Å²) < 4.78 is 0. The molecule has 0 aromatic rings. The summed E-state index contributed by atoms with van der Waals surface area (Å²) in [6, 6.07) is 0. The molecule has 2 rings (SSSR count). The first-order chi connectivity index (χ1) is 10.6. The molecule has 0 unspecified atom stereocenters. The van der Waals surface area contributed by atoms with Crippen molar-refractivity contribution in [2.24, 2.45) is 23.7 Å². The molecule has 0 aromatic heterocycles. The molecule has 126 valence electrons. The molecule has 0 saturated heterocycles. The van der Waals surface area contributed by atoms with Gasteiger partial charge in [0.25, 0.3) is 0 Å². The molecule has 6 nitrogen and oxygen atoms in total. The Morgan fingerprint density at radius 3 is 1.27 bits per heavy atom. The van der Waals surface area contributed by atoms with Gasteiger partial charge in [0, 0.05) is 21.7 Å². The highest BCUT2D eigenvalue weighted by atomic mass is 16.6. The van der Waals surface area contributed by atoms with E-state index in [9.17, 15) is 20.2 Å². The van der Waals surface area contributed by atoms with E-state index in [1.165, 1.54) is 12.8 Å². The number of hydrogen-bond acceptors (Lipinski definition) is 4. The molecule has 0 amide bonds. The highest BCUT2D eigenvalue weighted by Crippen LogP contribution is 2.41. The summed E-state index contributed by atoms with van der Waals surface area (Å²) in [5.74, 6) is 0.407. The number of rotatable bonds is 7. The van der Waals surface area contributed by atoms with E-state index in [0.29, 0.717) is 11.8 Å². The van der Waals surface area contributed by atoms with E-state index in [0.717, 1.165) is 51.4 Å². The van der Waals surface area contributed by atoms with Gasteiger partial charge in [0.1, 0.15) is 0 Å². The van der Waals surface area contributed by atoms with Crippen LogP contribution in [-0.2, 0) is 0 Å². The van der Waals surface area contributed by atoms with Crippen LogP contribution in [0.4, 0.5) is 0 Å². The van der Waals surface area contributed by atoms with Gasteiger partial charge >= 0.3 is 0 Å². The first-order valence-corrected chi connectivity index (χ1v) is 8.81. The number of hydrogen-bond donors (Lipinski definition) is 0. The highest BCUT2D eigenvalue weighted by molar-refractivity contribution is 4.84. The fourth-order valence-electron chi connectivity index (χ4n) is 4.74. The fraction of sp³-hybridized carbons (Fsp3) is 1.00. The standard InChI is InChI=1S/C16H28N2O4/c19-17(20)11-15(13-7-3-1-4-8-13)16(12-18(21)22)14-9-5-2-6-10-14/h13-16H,1-12H2/t15-,16-/m1/s1. The monoisotopic (exact) mass is 312 g/mol. The molecule has 22 heavy (non-hydrogen) atoms. The maximum Gasteiger partial charge on any atom is 0.207 e. The molecule has 2 saturated carbocycles. The molecule has 2 atom stereocenters. The van der Waals surface area contributed by atoms with Crippen molar-refractivity contribution >= 4 is 0 Å². The first-order valence-electron chi connectivity index (χ1n) is 8.81. The van der Waals surface area contributed by atoms with Crippen molar-refractivity contribution in [2.45, 2.75) is 64.2 Å². The van der Waals surface area contributed by atoms with Crippen molar-refractivity contribution in [3.63, 3.8) is 0 Å². The van der Waals surface area contributed by atoms with Gasteiger partial charge in [-0.05, 0) is 37.5 Å². The largest absolute Gasteiger partial charge is 0.265 e. The Bertz CT molecular complexity index is 340. The van der Waals surface area contributed by atoms with Crippen molar-refractivity contribution < 1.29 is 9.85 Å². The van der Waals surface area contributed by atoms with Crippen molar-refractivity contribution in [1.82, 2.24) is 0 Å². The Morgan fingerprint density at radius 2 is 1.00 bits per heavy atom. The minimum atomic E-state index is -0.241. The lowest BCUT2D eigenvalue weighted by Crippen LogP contribution is -2.39. The van der Waals surface area contributed by atoms with Crippen LogP contribution in [0.3, 0.4) is 0 Å². The van der Waals surface area contributed by atoms with Crippen LogP contribution in [0.2, 0.25) is 0 Å². The molecule has 0 aliphatic heterocycles. The maximum absolute atomic E-state index is 11.2. The van der Waals surface area contributed by atoms with E-state index in [-0.39, 0.29) is 34.8 Å². The zero-order valence-electron chi connectivity index (χ0n) is 13.3. The number of nitro groups is 2. The van der Waals surface area contributed by atoms with Crippen molar-refractivity contribution in [3.8, 4) is 0 Å². The van der Waals surface area contributed by atoms with E-state index in [1.807, 2.05) is 0 Å². The van der Waals surface area contributed by atoms with E-state index >= 15 is 0 Å². The topological polar surface area (TPSA) is 86.3 Å². The average Bonchev–Trinajstić information content (AvgIpc) is 2.52. The molecule has 0 aromatic carbocycles. The van der Waals surface area contributed by atoms with Crippen molar-refractivity contribution in [2.75, 3.05) is 13.1 Å². The molecular formula is C16H28N2O4. The zero-order valence-corrected chi connectivity index (χ0v) is 13.3. The van der Waals surface area contributed by atoms with Gasteiger partial charge in [-0.1, -0.05) is 38.5 Å². The third-order valence-corrected chi connectivity index (χ3v) is 5.78. The fourth-order valence-corrected chi connectivity index (χ4v) is 4.74. The summed E-state index contributed by atoms with van der Waals surface area (Å²) in [5, 5.41) is 22.3. The molecule has 6 heteroatoms. The highest BCUT2D eigenvalue weighted by Gasteiger charge is 2.41. The first kappa shape index (κ1) is 17.2. The summed E-state index contributed by atoms with van der Waals surface area (Å²) >= 11 is 0. The molecule has 0 N–H and O–H groups in total. The summed E-state index contributed by atoms with van der Waals surface area (Å²) in [4.78, 5) is 21.8. The van der Waals surface area contributed by atoms with Crippen molar-refractivity contribution in [1.29, 1.82) is 0 Å². The molecule has 0 spiro atoms. The second-order valence-corrected chi connectivity index (χ2v) is 7.15. The summed E-state index contributed by atoms with van der Waals surface area (Å²) in [6.45, 7) is -0.167. The molecule has 2 aliphatic carbocycles. The lowest BCUT2D eigenvalue weighted by Gasteiger charge is -2.37. The molecule has 2 aliphatic rings. The van der Waals surface area contributed by atoms with Gasteiger partial charge in [0.15, 0.2) is 0 Å². The van der Waals surface area contributed by atoms with Gasteiger partial charge in [-0.2, -0.15) is 0 Å². The SMILES string of the molecule is O=[N+]([O-])C[C@H](C1CCCCC1)[C@H](C[N+](=O)[O-])C1CCCCC1. The van der Waals surface area contributed by atoms with E-state index in [2.05, 4.69) is 0 Å². The maximum atomic E-state index is 11.2. The second kappa shape index (κ2) is 8.44. The van der Waals surface area contributed by atoms with Crippen LogP contribution in [0.1, 0.15) is 64.2 Å². The van der Waals surface area contributed by atoms with Gasteiger partial charge in [-0.25, -0.2) is 0 Å². The number of nitrogens with zero attached hydrogens (tertiary/aromatic N) is 2. The Kier molecular flexibility index (Phi) is 6.58. The van der Waals surface area contributed by atoms with Crippen LogP contribution in [-0.4, -0.2) is 22.9 Å².